The van der Waals surface area contributed by atoms with Gasteiger partial charge in [-0.2, -0.15) is 4.98 Å². The highest BCUT2D eigenvalue weighted by molar-refractivity contribution is 6.04. The molecule has 0 spiro atoms. The minimum atomic E-state index is -0.131. The second-order valence-corrected chi connectivity index (χ2v) is 6.36. The molecule has 0 aliphatic rings. The van der Waals surface area contributed by atoms with Crippen LogP contribution in [0, 0.1) is 6.92 Å². The Labute approximate surface area is 159 Å². The molecule has 0 unspecified atom stereocenters. The van der Waals surface area contributed by atoms with Gasteiger partial charge in [0.1, 0.15) is 0 Å². The molecular formula is C21H24N4O2. The molecule has 0 aliphatic heterocycles. The normalized spacial score (nSPS) is 10.6. The van der Waals surface area contributed by atoms with Crippen LogP contribution in [-0.4, -0.2) is 16.0 Å². The Morgan fingerprint density at radius 3 is 2.63 bits per heavy atom. The first-order chi connectivity index (χ1) is 13.2. The van der Waals surface area contributed by atoms with Gasteiger partial charge in [-0.1, -0.05) is 42.8 Å². The molecule has 2 N–H and O–H groups in total. The first-order valence-corrected chi connectivity index (χ1v) is 9.18. The van der Waals surface area contributed by atoms with Gasteiger partial charge in [-0.3, -0.25) is 4.79 Å². The second kappa shape index (κ2) is 8.98. The van der Waals surface area contributed by atoms with Gasteiger partial charge in [-0.05, 0) is 43.2 Å². The number of benzene rings is 2. The van der Waals surface area contributed by atoms with E-state index in [1.807, 2.05) is 43.3 Å². The predicted molar refractivity (Wildman–Crippen MR) is 106 cm³/mol. The van der Waals surface area contributed by atoms with Crippen LogP contribution < -0.4 is 10.6 Å². The number of rotatable bonds is 8. The molecule has 0 bridgehead atoms. The molecule has 27 heavy (non-hydrogen) atoms. The van der Waals surface area contributed by atoms with E-state index < -0.39 is 0 Å². The summed E-state index contributed by atoms with van der Waals surface area (Å²) < 4.78 is 5.28. The second-order valence-electron chi connectivity index (χ2n) is 6.36. The first kappa shape index (κ1) is 18.6. The zero-order valence-corrected chi connectivity index (χ0v) is 15.7. The molecule has 2 aromatic carbocycles. The van der Waals surface area contributed by atoms with E-state index in [9.17, 15) is 4.79 Å². The lowest BCUT2D eigenvalue weighted by Crippen LogP contribution is -2.13. The minimum absolute atomic E-state index is 0.131. The van der Waals surface area contributed by atoms with E-state index >= 15 is 0 Å². The van der Waals surface area contributed by atoms with Crippen LogP contribution in [-0.2, 0) is 13.0 Å². The topological polar surface area (TPSA) is 80.0 Å². The third-order valence-electron chi connectivity index (χ3n) is 4.31. The van der Waals surface area contributed by atoms with Crippen molar-refractivity contribution in [3.8, 4) is 0 Å². The van der Waals surface area contributed by atoms with Crippen LogP contribution in [0.5, 0.6) is 0 Å². The Kier molecular flexibility index (Phi) is 6.20. The van der Waals surface area contributed by atoms with E-state index in [-0.39, 0.29) is 5.91 Å². The number of amides is 1. The molecule has 0 saturated heterocycles. The maximum Gasteiger partial charge on any atom is 0.255 e. The van der Waals surface area contributed by atoms with Crippen LogP contribution in [0.2, 0.25) is 0 Å². The third kappa shape index (κ3) is 4.94. The van der Waals surface area contributed by atoms with Gasteiger partial charge < -0.3 is 15.2 Å². The van der Waals surface area contributed by atoms with Crippen molar-refractivity contribution in [3.63, 3.8) is 0 Å². The lowest BCUT2D eigenvalue weighted by Gasteiger charge is -2.13. The summed E-state index contributed by atoms with van der Waals surface area (Å²) in [6.07, 6.45) is 2.98. The van der Waals surface area contributed by atoms with Crippen LogP contribution in [0.4, 0.5) is 11.4 Å². The van der Waals surface area contributed by atoms with Gasteiger partial charge in [0.25, 0.3) is 5.91 Å². The fraction of sp³-hybridized carbons (Fsp3) is 0.286. The first-order valence-electron chi connectivity index (χ1n) is 9.18. The van der Waals surface area contributed by atoms with Crippen molar-refractivity contribution in [2.45, 2.75) is 39.7 Å². The van der Waals surface area contributed by atoms with Crippen molar-refractivity contribution in [1.29, 1.82) is 0 Å². The zero-order chi connectivity index (χ0) is 19.1. The summed E-state index contributed by atoms with van der Waals surface area (Å²) in [6.45, 7) is 4.54. The summed E-state index contributed by atoms with van der Waals surface area (Å²) >= 11 is 0. The lowest BCUT2D eigenvalue weighted by atomic mass is 10.1. The van der Waals surface area contributed by atoms with Crippen molar-refractivity contribution in [2.75, 3.05) is 10.6 Å². The Morgan fingerprint density at radius 1 is 1.07 bits per heavy atom. The number of anilines is 2. The highest BCUT2D eigenvalue weighted by Crippen LogP contribution is 2.24. The highest BCUT2D eigenvalue weighted by atomic mass is 16.5. The number of aromatic nitrogens is 2. The third-order valence-corrected chi connectivity index (χ3v) is 4.31. The maximum absolute atomic E-state index is 12.4. The molecule has 0 atom stereocenters. The number of carbonyl (C=O) groups is 1. The van der Waals surface area contributed by atoms with E-state index in [0.717, 1.165) is 42.0 Å². The number of nitrogens with one attached hydrogen (secondary N) is 2. The van der Waals surface area contributed by atoms with E-state index in [0.29, 0.717) is 18.0 Å². The standard InChI is InChI=1S/C21H24N4O2/c1-3-4-13-19-24-20(27-25-19)14-22-17-11-8-12-18(15(17)2)23-21(26)16-9-6-5-7-10-16/h5-12,22H,3-4,13-14H2,1-2H3,(H,23,26). The number of hydrogen-bond acceptors (Lipinski definition) is 5. The molecule has 0 radical (unpaired) electrons. The van der Waals surface area contributed by atoms with Crippen LogP contribution in [0.1, 0.15) is 47.4 Å². The van der Waals surface area contributed by atoms with Crippen molar-refractivity contribution in [2.24, 2.45) is 0 Å². The quantitative estimate of drug-likeness (QED) is 0.611. The average molecular weight is 364 g/mol. The van der Waals surface area contributed by atoms with Crippen molar-refractivity contribution in [3.05, 3.63) is 71.4 Å². The molecule has 6 heteroatoms. The lowest BCUT2D eigenvalue weighted by molar-refractivity contribution is 0.102. The summed E-state index contributed by atoms with van der Waals surface area (Å²) in [6, 6.07) is 14.9. The molecule has 6 nitrogen and oxygen atoms in total. The summed E-state index contributed by atoms with van der Waals surface area (Å²) in [7, 11) is 0. The van der Waals surface area contributed by atoms with E-state index in [4.69, 9.17) is 4.52 Å². The molecule has 0 saturated carbocycles. The molecule has 3 aromatic rings. The van der Waals surface area contributed by atoms with Crippen LogP contribution in [0.3, 0.4) is 0 Å². The Bertz CT molecular complexity index is 890. The predicted octanol–water partition coefficient (Wildman–Crippen LogP) is 4.59. The van der Waals surface area contributed by atoms with Gasteiger partial charge in [0, 0.05) is 23.4 Å². The largest absolute Gasteiger partial charge is 0.376 e. The van der Waals surface area contributed by atoms with Crippen LogP contribution in [0.15, 0.2) is 53.1 Å². The number of hydrogen-bond donors (Lipinski definition) is 2. The van der Waals surface area contributed by atoms with E-state index in [2.05, 4.69) is 27.7 Å². The van der Waals surface area contributed by atoms with Crippen molar-refractivity contribution in [1.82, 2.24) is 10.1 Å². The molecule has 0 aliphatic carbocycles. The molecule has 0 fully saturated rings. The van der Waals surface area contributed by atoms with Gasteiger partial charge in [0.05, 0.1) is 6.54 Å². The van der Waals surface area contributed by atoms with Crippen molar-refractivity contribution < 1.29 is 9.32 Å². The maximum atomic E-state index is 12.4. The number of unbranched alkanes of at least 4 members (excludes halogenated alkanes) is 1. The molecule has 1 heterocycles. The fourth-order valence-corrected chi connectivity index (χ4v) is 2.72. The average Bonchev–Trinajstić information content (AvgIpc) is 3.15. The van der Waals surface area contributed by atoms with Gasteiger partial charge in [0.15, 0.2) is 5.82 Å². The molecule has 1 amide bonds. The summed E-state index contributed by atoms with van der Waals surface area (Å²) in [5, 5.41) is 10.3. The summed E-state index contributed by atoms with van der Waals surface area (Å²) in [5.74, 6) is 1.17. The zero-order valence-electron chi connectivity index (χ0n) is 15.7. The number of aryl methyl sites for hydroxylation is 1. The molecule has 140 valence electrons. The van der Waals surface area contributed by atoms with Crippen LogP contribution >= 0.6 is 0 Å². The van der Waals surface area contributed by atoms with Gasteiger partial charge in [-0.25, -0.2) is 0 Å². The van der Waals surface area contributed by atoms with Gasteiger partial charge in [-0.15, -0.1) is 0 Å². The van der Waals surface area contributed by atoms with Crippen LogP contribution in [0.25, 0.3) is 0 Å². The molecule has 1 aromatic heterocycles. The number of carbonyl (C=O) groups excluding carboxylic acids is 1. The van der Waals surface area contributed by atoms with Gasteiger partial charge >= 0.3 is 0 Å². The van der Waals surface area contributed by atoms with E-state index in [1.165, 1.54) is 0 Å². The smallest absolute Gasteiger partial charge is 0.255 e. The Balaban J connectivity index is 1.64. The highest BCUT2D eigenvalue weighted by Gasteiger charge is 2.11. The van der Waals surface area contributed by atoms with Gasteiger partial charge in [0.2, 0.25) is 5.89 Å². The fourth-order valence-electron chi connectivity index (χ4n) is 2.72. The monoisotopic (exact) mass is 364 g/mol. The SMILES string of the molecule is CCCCc1noc(CNc2cccc(NC(=O)c3ccccc3)c2C)n1. The Morgan fingerprint density at radius 2 is 1.85 bits per heavy atom. The Hall–Kier alpha value is -3.15. The molecular weight excluding hydrogens is 340 g/mol. The summed E-state index contributed by atoms with van der Waals surface area (Å²) in [5.41, 5.74) is 3.26. The van der Waals surface area contributed by atoms with E-state index in [1.54, 1.807) is 12.1 Å². The molecule has 3 rings (SSSR count). The summed E-state index contributed by atoms with van der Waals surface area (Å²) in [4.78, 5) is 16.8. The van der Waals surface area contributed by atoms with Crippen molar-refractivity contribution >= 4 is 17.3 Å². The number of nitrogens with zero attached hydrogens (tertiary/aromatic N) is 2. The minimum Gasteiger partial charge on any atom is -0.376 e.